The molecule has 96 valence electrons. The topological polar surface area (TPSA) is 40.6 Å². The van der Waals surface area contributed by atoms with Crippen LogP contribution in [0.25, 0.3) is 0 Å². The van der Waals surface area contributed by atoms with Gasteiger partial charge in [-0.3, -0.25) is 14.5 Å². The van der Waals surface area contributed by atoms with Crippen LogP contribution >= 0.6 is 15.9 Å². The molecular weight excluding hydrogens is 296 g/mol. The maximum Gasteiger partial charge on any atom is 0.261 e. The van der Waals surface area contributed by atoms with E-state index in [1.165, 1.54) is 7.05 Å². The van der Waals surface area contributed by atoms with Gasteiger partial charge in [-0.25, -0.2) is 0 Å². The van der Waals surface area contributed by atoms with Crippen LogP contribution in [0, 0.1) is 0 Å². The summed E-state index contributed by atoms with van der Waals surface area (Å²) in [5, 5.41) is 0.866. The summed E-state index contributed by atoms with van der Waals surface area (Å²) >= 11 is 3.41. The van der Waals surface area contributed by atoms with Crippen molar-refractivity contribution in [1.82, 2.24) is 4.90 Å². The van der Waals surface area contributed by atoms with Gasteiger partial charge in [0.25, 0.3) is 11.8 Å². The van der Waals surface area contributed by atoms with Gasteiger partial charge in [0.05, 0.1) is 11.1 Å². The summed E-state index contributed by atoms with van der Waals surface area (Å²) in [4.78, 5) is 27.0. The van der Waals surface area contributed by atoms with E-state index >= 15 is 0 Å². The van der Waals surface area contributed by atoms with Gasteiger partial charge >= 0.3 is 0 Å². The lowest BCUT2D eigenvalue weighted by Gasteiger charge is -2.22. The third-order valence-electron chi connectivity index (χ3n) is 3.17. The van der Waals surface area contributed by atoms with Crippen LogP contribution in [0.15, 0.2) is 18.2 Å². The molecule has 0 saturated heterocycles. The van der Waals surface area contributed by atoms with Gasteiger partial charge in [-0.1, -0.05) is 15.9 Å². The monoisotopic (exact) mass is 310 g/mol. The number of anilines is 1. The first-order valence-corrected chi connectivity index (χ1v) is 6.99. The van der Waals surface area contributed by atoms with Crippen LogP contribution in [0.5, 0.6) is 0 Å². The molecule has 2 amide bonds. The lowest BCUT2D eigenvalue weighted by Crippen LogP contribution is -2.25. The van der Waals surface area contributed by atoms with Gasteiger partial charge < -0.3 is 4.90 Å². The second-order valence-electron chi connectivity index (χ2n) is 4.17. The molecule has 0 aliphatic carbocycles. The van der Waals surface area contributed by atoms with E-state index in [9.17, 15) is 9.59 Å². The van der Waals surface area contributed by atoms with Crippen molar-refractivity contribution in [2.24, 2.45) is 0 Å². The molecule has 0 saturated carbocycles. The second kappa shape index (κ2) is 5.10. The molecule has 0 unspecified atom stereocenters. The number of fused-ring (bicyclic) bond motifs is 1. The maximum absolute atomic E-state index is 11.9. The van der Waals surface area contributed by atoms with Crippen LogP contribution in [0.1, 0.15) is 27.6 Å². The van der Waals surface area contributed by atoms with E-state index in [2.05, 4.69) is 27.8 Å². The van der Waals surface area contributed by atoms with Crippen LogP contribution in [0.3, 0.4) is 0 Å². The van der Waals surface area contributed by atoms with E-state index in [1.807, 2.05) is 12.1 Å². The Labute approximate surface area is 115 Å². The number of rotatable bonds is 4. The molecule has 0 radical (unpaired) electrons. The number of hydrogen-bond acceptors (Lipinski definition) is 3. The van der Waals surface area contributed by atoms with Gasteiger partial charge in [-0.15, -0.1) is 0 Å². The predicted molar refractivity (Wildman–Crippen MR) is 74.5 cm³/mol. The zero-order valence-electron chi connectivity index (χ0n) is 10.4. The molecule has 0 fully saturated rings. The number of halogens is 1. The number of amides is 2. The highest BCUT2D eigenvalue weighted by atomic mass is 79.9. The molecule has 5 heteroatoms. The first kappa shape index (κ1) is 13.1. The van der Waals surface area contributed by atoms with Crippen molar-refractivity contribution in [2.45, 2.75) is 6.92 Å². The Morgan fingerprint density at radius 2 is 1.89 bits per heavy atom. The summed E-state index contributed by atoms with van der Waals surface area (Å²) in [5.74, 6) is -0.433. The summed E-state index contributed by atoms with van der Waals surface area (Å²) < 4.78 is 0. The normalized spacial score (nSPS) is 14.1. The van der Waals surface area contributed by atoms with E-state index in [4.69, 9.17) is 0 Å². The average molecular weight is 311 g/mol. The highest BCUT2D eigenvalue weighted by Crippen LogP contribution is 2.26. The fourth-order valence-electron chi connectivity index (χ4n) is 2.12. The van der Waals surface area contributed by atoms with Crippen molar-refractivity contribution >= 4 is 33.4 Å². The molecule has 0 aromatic heterocycles. The van der Waals surface area contributed by atoms with Gasteiger partial charge in [-0.05, 0) is 25.1 Å². The van der Waals surface area contributed by atoms with Gasteiger partial charge in [-0.2, -0.15) is 0 Å². The number of carbonyl (C=O) groups excluding carboxylic acids is 2. The molecule has 2 rings (SSSR count). The summed E-state index contributed by atoms with van der Waals surface area (Å²) in [6.07, 6.45) is 0. The second-order valence-corrected chi connectivity index (χ2v) is 4.96. The molecular formula is C13H15BrN2O2. The third kappa shape index (κ3) is 2.03. The van der Waals surface area contributed by atoms with Crippen molar-refractivity contribution in [1.29, 1.82) is 0 Å². The van der Waals surface area contributed by atoms with Crippen LogP contribution in [-0.4, -0.2) is 42.2 Å². The Hall–Kier alpha value is -1.36. The van der Waals surface area contributed by atoms with Crippen molar-refractivity contribution in [3.05, 3.63) is 29.3 Å². The minimum absolute atomic E-state index is 0.216. The quantitative estimate of drug-likeness (QED) is 0.632. The Kier molecular flexibility index (Phi) is 3.71. The summed E-state index contributed by atoms with van der Waals surface area (Å²) in [6.45, 7) is 3.80. The molecule has 0 atom stereocenters. The van der Waals surface area contributed by atoms with E-state index in [0.717, 1.165) is 29.0 Å². The summed E-state index contributed by atoms with van der Waals surface area (Å²) in [6, 6.07) is 5.45. The molecule has 1 heterocycles. The van der Waals surface area contributed by atoms with Crippen molar-refractivity contribution in [3.63, 3.8) is 0 Å². The highest BCUT2D eigenvalue weighted by molar-refractivity contribution is 9.09. The zero-order chi connectivity index (χ0) is 13.3. The molecule has 4 nitrogen and oxygen atoms in total. The maximum atomic E-state index is 11.9. The van der Waals surface area contributed by atoms with Crippen LogP contribution < -0.4 is 4.90 Å². The third-order valence-corrected chi connectivity index (χ3v) is 3.53. The first-order valence-electron chi connectivity index (χ1n) is 5.87. The van der Waals surface area contributed by atoms with Gasteiger partial charge in [0.1, 0.15) is 0 Å². The minimum Gasteiger partial charge on any atom is -0.371 e. The average Bonchev–Trinajstić information content (AvgIpc) is 2.61. The van der Waals surface area contributed by atoms with Crippen molar-refractivity contribution in [3.8, 4) is 0 Å². The van der Waals surface area contributed by atoms with Gasteiger partial charge in [0.15, 0.2) is 0 Å². The van der Waals surface area contributed by atoms with E-state index < -0.39 is 0 Å². The minimum atomic E-state index is -0.218. The van der Waals surface area contributed by atoms with Gasteiger partial charge in [0, 0.05) is 31.2 Å². The zero-order valence-corrected chi connectivity index (χ0v) is 12.0. The highest BCUT2D eigenvalue weighted by Gasteiger charge is 2.32. The van der Waals surface area contributed by atoms with Gasteiger partial charge in [0.2, 0.25) is 0 Å². The fraction of sp³-hybridized carbons (Fsp3) is 0.385. The molecule has 1 aliphatic heterocycles. The number of carbonyl (C=O) groups is 2. The Bertz CT molecular complexity index is 502. The molecule has 1 aliphatic rings. The Morgan fingerprint density at radius 3 is 2.50 bits per heavy atom. The number of hydrogen-bond donors (Lipinski definition) is 0. The fourth-order valence-corrected chi connectivity index (χ4v) is 2.55. The van der Waals surface area contributed by atoms with E-state index in [0.29, 0.717) is 11.1 Å². The van der Waals surface area contributed by atoms with Crippen LogP contribution in [0.4, 0.5) is 5.69 Å². The van der Waals surface area contributed by atoms with Crippen molar-refractivity contribution in [2.75, 3.05) is 30.4 Å². The molecule has 0 spiro atoms. The van der Waals surface area contributed by atoms with Crippen LogP contribution in [0.2, 0.25) is 0 Å². The van der Waals surface area contributed by atoms with E-state index in [1.54, 1.807) is 6.07 Å². The SMILES string of the molecule is CCN(CCBr)c1ccc2c(c1)C(=O)N(C)C2=O. The molecule has 1 aromatic carbocycles. The Morgan fingerprint density at radius 1 is 1.22 bits per heavy atom. The lowest BCUT2D eigenvalue weighted by atomic mass is 10.1. The summed E-state index contributed by atoms with van der Waals surface area (Å²) in [5.41, 5.74) is 1.99. The first-order chi connectivity index (χ1) is 8.60. The number of imide groups is 1. The molecule has 0 bridgehead atoms. The number of benzene rings is 1. The predicted octanol–water partition coefficient (Wildman–Crippen LogP) is 2.13. The molecule has 1 aromatic rings. The lowest BCUT2D eigenvalue weighted by molar-refractivity contribution is 0.0693. The summed E-state index contributed by atoms with van der Waals surface area (Å²) in [7, 11) is 1.51. The van der Waals surface area contributed by atoms with Crippen LogP contribution in [-0.2, 0) is 0 Å². The smallest absolute Gasteiger partial charge is 0.261 e. The van der Waals surface area contributed by atoms with E-state index in [-0.39, 0.29) is 11.8 Å². The number of nitrogens with zero attached hydrogens (tertiary/aromatic N) is 2. The standard InChI is InChI=1S/C13H15BrN2O2/c1-3-16(7-6-14)9-4-5-10-11(8-9)13(18)15(2)12(10)17/h4-5,8H,3,6-7H2,1-2H3. The number of alkyl halides is 1. The Balaban J connectivity index is 2.40. The molecule has 18 heavy (non-hydrogen) atoms. The largest absolute Gasteiger partial charge is 0.371 e. The molecule has 0 N–H and O–H groups in total. The van der Waals surface area contributed by atoms with Crippen molar-refractivity contribution < 1.29 is 9.59 Å².